The Morgan fingerprint density at radius 2 is 1.26 bits per heavy atom. The molecule has 4 nitrogen and oxygen atoms in total. The third kappa shape index (κ3) is 6.28. The summed E-state index contributed by atoms with van der Waals surface area (Å²) in [4.78, 5) is 27.2. The molecule has 0 fully saturated rings. The van der Waals surface area contributed by atoms with E-state index in [0.717, 1.165) is 37.2 Å². The predicted molar refractivity (Wildman–Crippen MR) is 143 cm³/mol. The molecule has 0 radical (unpaired) electrons. The molecule has 4 heteroatoms. The minimum absolute atomic E-state index is 0.0536. The van der Waals surface area contributed by atoms with Crippen molar-refractivity contribution in [2.45, 2.75) is 97.4 Å². The molecule has 0 aromatic heterocycles. The van der Waals surface area contributed by atoms with Gasteiger partial charge in [-0.05, 0) is 31.4 Å². The van der Waals surface area contributed by atoms with Crippen LogP contribution in [0.4, 0.5) is 11.4 Å². The van der Waals surface area contributed by atoms with Gasteiger partial charge in [0, 0.05) is 35.1 Å². The van der Waals surface area contributed by atoms with Gasteiger partial charge >= 0.3 is 0 Å². The first kappa shape index (κ1) is 26.0. The van der Waals surface area contributed by atoms with Gasteiger partial charge in [-0.3, -0.25) is 9.59 Å². The molecule has 0 heterocycles. The van der Waals surface area contributed by atoms with Crippen molar-refractivity contribution in [1.29, 1.82) is 0 Å². The molecule has 1 unspecified atom stereocenters. The van der Waals surface area contributed by atoms with Crippen LogP contribution < -0.4 is 10.6 Å². The lowest BCUT2D eigenvalue weighted by atomic mass is 9.82. The Morgan fingerprint density at radius 1 is 0.676 bits per heavy atom. The van der Waals surface area contributed by atoms with E-state index in [1.807, 2.05) is 24.3 Å². The lowest BCUT2D eigenvalue weighted by Crippen LogP contribution is -2.26. The van der Waals surface area contributed by atoms with Gasteiger partial charge in [0.25, 0.3) is 0 Å². The van der Waals surface area contributed by atoms with Crippen molar-refractivity contribution in [3.05, 3.63) is 58.7 Å². The highest BCUT2D eigenvalue weighted by Crippen LogP contribution is 2.36. The summed E-state index contributed by atoms with van der Waals surface area (Å²) >= 11 is 0. The number of fused-ring (bicyclic) bond motifs is 2. The van der Waals surface area contributed by atoms with E-state index in [1.165, 1.54) is 51.4 Å². The summed E-state index contributed by atoms with van der Waals surface area (Å²) in [7, 11) is 0. The molecule has 0 spiro atoms. The number of nitrogens with one attached hydrogen (secondary N) is 2. The van der Waals surface area contributed by atoms with Crippen LogP contribution in [-0.4, -0.2) is 24.2 Å². The van der Waals surface area contributed by atoms with Gasteiger partial charge in [-0.2, -0.15) is 0 Å². The second-order valence-electron chi connectivity index (χ2n) is 9.55. The highest BCUT2D eigenvalue weighted by atomic mass is 16.1. The van der Waals surface area contributed by atoms with Crippen molar-refractivity contribution in [2.24, 2.45) is 0 Å². The topological polar surface area (TPSA) is 58.2 Å². The van der Waals surface area contributed by atoms with Gasteiger partial charge in [0.15, 0.2) is 11.6 Å². The third-order valence-electron chi connectivity index (χ3n) is 6.93. The molecule has 2 aromatic rings. The second kappa shape index (κ2) is 13.3. The van der Waals surface area contributed by atoms with E-state index in [1.54, 1.807) is 12.1 Å². The van der Waals surface area contributed by atoms with Crippen LogP contribution in [0, 0.1) is 0 Å². The second-order valence-corrected chi connectivity index (χ2v) is 9.55. The van der Waals surface area contributed by atoms with E-state index < -0.39 is 0 Å². The number of anilines is 2. The largest absolute Gasteiger partial charge is 0.384 e. The fourth-order valence-corrected chi connectivity index (χ4v) is 4.88. The molecule has 0 aliphatic heterocycles. The Balaban J connectivity index is 1.79. The van der Waals surface area contributed by atoms with E-state index in [4.69, 9.17) is 0 Å². The van der Waals surface area contributed by atoms with Crippen molar-refractivity contribution in [3.8, 4) is 0 Å². The molecular formula is C30H42N2O2. The maximum absolute atomic E-state index is 13.8. The van der Waals surface area contributed by atoms with E-state index >= 15 is 0 Å². The summed E-state index contributed by atoms with van der Waals surface area (Å²) in [6.07, 6.45) is 12.9. The van der Waals surface area contributed by atoms with Crippen LogP contribution in [0.15, 0.2) is 36.4 Å². The van der Waals surface area contributed by atoms with Crippen molar-refractivity contribution in [1.82, 2.24) is 0 Å². The van der Waals surface area contributed by atoms with Crippen LogP contribution in [-0.2, 0) is 0 Å². The van der Waals surface area contributed by atoms with E-state index in [2.05, 4.69) is 31.4 Å². The first-order chi connectivity index (χ1) is 16.6. The zero-order chi connectivity index (χ0) is 24.3. The minimum Gasteiger partial charge on any atom is -0.384 e. The first-order valence-electron chi connectivity index (χ1n) is 13.5. The van der Waals surface area contributed by atoms with Gasteiger partial charge in [0.1, 0.15) is 0 Å². The Kier molecular flexibility index (Phi) is 10.2. The molecule has 3 rings (SSSR count). The van der Waals surface area contributed by atoms with E-state index in [-0.39, 0.29) is 11.6 Å². The Morgan fingerprint density at radius 3 is 1.94 bits per heavy atom. The quantitative estimate of drug-likeness (QED) is 0.225. The van der Waals surface area contributed by atoms with Crippen molar-refractivity contribution in [3.63, 3.8) is 0 Å². The number of hydrogen-bond donors (Lipinski definition) is 2. The standard InChI is InChI=1S/C30H42N2O2/c1-4-7-9-10-11-13-21-31-25-19-14-17-23-27(25)30(34)28-24(29(23)33)18-15-20-26(28)32-22(6-3)16-12-8-5-2/h14-15,17-20,22,31-32H,4-13,16,21H2,1-3H3. The SMILES string of the molecule is CCCCCCCCNc1cccc2c1C(=O)c1c(NC(CC)CCCCC)cccc1C2=O. The number of benzene rings is 2. The maximum atomic E-state index is 13.8. The Labute approximate surface area is 205 Å². The summed E-state index contributed by atoms with van der Waals surface area (Å²) in [5.74, 6) is -0.113. The fourth-order valence-electron chi connectivity index (χ4n) is 4.88. The monoisotopic (exact) mass is 462 g/mol. The smallest absolute Gasteiger partial charge is 0.198 e. The number of rotatable bonds is 15. The molecule has 0 saturated carbocycles. The van der Waals surface area contributed by atoms with Gasteiger partial charge in [-0.15, -0.1) is 0 Å². The van der Waals surface area contributed by atoms with Crippen LogP contribution in [0.3, 0.4) is 0 Å². The number of carbonyl (C=O) groups excluding carboxylic acids is 2. The summed E-state index contributed by atoms with van der Waals surface area (Å²) in [6.45, 7) is 7.42. The van der Waals surface area contributed by atoms with Crippen LogP contribution in [0.5, 0.6) is 0 Å². The zero-order valence-electron chi connectivity index (χ0n) is 21.3. The van der Waals surface area contributed by atoms with Crippen molar-refractivity contribution < 1.29 is 9.59 Å². The van der Waals surface area contributed by atoms with Crippen LogP contribution in [0.2, 0.25) is 0 Å². The number of ketones is 2. The first-order valence-corrected chi connectivity index (χ1v) is 13.5. The molecule has 2 N–H and O–H groups in total. The lowest BCUT2D eigenvalue weighted by Gasteiger charge is -2.25. The molecule has 0 amide bonds. The predicted octanol–water partition coefficient (Wildman–Crippen LogP) is 8.01. The van der Waals surface area contributed by atoms with Crippen molar-refractivity contribution in [2.75, 3.05) is 17.2 Å². The van der Waals surface area contributed by atoms with E-state index in [0.29, 0.717) is 28.3 Å². The average Bonchev–Trinajstić information content (AvgIpc) is 2.86. The molecule has 0 saturated heterocycles. The van der Waals surface area contributed by atoms with Gasteiger partial charge < -0.3 is 10.6 Å². The van der Waals surface area contributed by atoms with Gasteiger partial charge in [0.05, 0.1) is 11.1 Å². The van der Waals surface area contributed by atoms with Gasteiger partial charge in [-0.1, -0.05) is 96.4 Å². The van der Waals surface area contributed by atoms with Gasteiger partial charge in [0.2, 0.25) is 0 Å². The molecule has 1 aliphatic rings. The maximum Gasteiger partial charge on any atom is 0.198 e. The Hall–Kier alpha value is -2.62. The molecule has 184 valence electrons. The van der Waals surface area contributed by atoms with E-state index in [9.17, 15) is 9.59 Å². The highest BCUT2D eigenvalue weighted by molar-refractivity contribution is 6.31. The Bertz CT molecular complexity index is 966. The third-order valence-corrected chi connectivity index (χ3v) is 6.93. The molecule has 1 aliphatic carbocycles. The summed E-state index contributed by atoms with van der Waals surface area (Å²) in [5, 5.41) is 7.06. The van der Waals surface area contributed by atoms with Crippen LogP contribution >= 0.6 is 0 Å². The number of carbonyl (C=O) groups is 2. The molecular weight excluding hydrogens is 420 g/mol. The summed E-state index contributed by atoms with van der Waals surface area (Å²) < 4.78 is 0. The van der Waals surface area contributed by atoms with Crippen LogP contribution in [0.1, 0.15) is 123 Å². The van der Waals surface area contributed by atoms with Gasteiger partial charge in [-0.25, -0.2) is 0 Å². The zero-order valence-corrected chi connectivity index (χ0v) is 21.3. The molecule has 2 aromatic carbocycles. The lowest BCUT2D eigenvalue weighted by molar-refractivity contribution is 0.0980. The average molecular weight is 463 g/mol. The fraction of sp³-hybridized carbons (Fsp3) is 0.533. The van der Waals surface area contributed by atoms with Crippen LogP contribution in [0.25, 0.3) is 0 Å². The minimum atomic E-state index is -0.0597. The number of hydrogen-bond acceptors (Lipinski definition) is 4. The number of unbranched alkanes of at least 4 members (excludes halogenated alkanes) is 7. The van der Waals surface area contributed by atoms with Crippen molar-refractivity contribution >= 4 is 22.9 Å². The molecule has 1 atom stereocenters. The molecule has 34 heavy (non-hydrogen) atoms. The summed E-state index contributed by atoms with van der Waals surface area (Å²) in [5.41, 5.74) is 3.65. The highest BCUT2D eigenvalue weighted by Gasteiger charge is 2.33. The normalized spacial score (nSPS) is 13.4. The molecule has 0 bridgehead atoms. The summed E-state index contributed by atoms with van der Waals surface area (Å²) in [6, 6.07) is 11.5.